The van der Waals surface area contributed by atoms with Crippen LogP contribution >= 0.6 is 23.2 Å². The van der Waals surface area contributed by atoms with Crippen molar-refractivity contribution < 1.29 is 33.7 Å². The van der Waals surface area contributed by atoms with Gasteiger partial charge in [-0.2, -0.15) is 0 Å². The fourth-order valence-corrected chi connectivity index (χ4v) is 8.59. The van der Waals surface area contributed by atoms with E-state index in [-0.39, 0.29) is 63.1 Å². The van der Waals surface area contributed by atoms with Gasteiger partial charge in [-0.15, -0.1) is 0 Å². The SMILES string of the molecule is CCCCCCCC(=O)Nc1cc(Cl)c(CC)c(Cl)c1O.[C-]#[N+]c1c(C(=O)OC2C(C)CC(C)CC2C)c2nc(-c3ccc(C)cc3)[nH]n2c1OC(=O)N1CCOCC1. The van der Waals surface area contributed by atoms with Gasteiger partial charge in [-0.1, -0.05) is 113 Å². The zero-order chi connectivity index (χ0) is 42.8. The number of morpholine rings is 1. The maximum atomic E-state index is 13.7. The zero-order valence-electron chi connectivity index (χ0n) is 34.8. The number of aromatic hydroxyl groups is 1. The van der Waals surface area contributed by atoms with E-state index in [0.717, 1.165) is 43.2 Å². The second-order valence-corrected chi connectivity index (χ2v) is 16.5. The highest BCUT2D eigenvalue weighted by Crippen LogP contribution is 2.42. The van der Waals surface area contributed by atoms with E-state index in [0.29, 0.717) is 61.5 Å². The second kappa shape index (κ2) is 21.0. The molecule has 2 aromatic carbocycles. The summed E-state index contributed by atoms with van der Waals surface area (Å²) in [5, 5.41) is 16.5. The highest BCUT2D eigenvalue weighted by molar-refractivity contribution is 6.37. The molecule has 1 aliphatic heterocycles. The van der Waals surface area contributed by atoms with Crippen LogP contribution in [0.25, 0.3) is 21.9 Å². The summed E-state index contributed by atoms with van der Waals surface area (Å²) in [6, 6.07) is 9.29. The number of phenolic OH excluding ortho intramolecular Hbond substituents is 1. The quantitative estimate of drug-likeness (QED) is 0.0551. The minimum Gasteiger partial charge on any atom is -0.504 e. The number of amides is 2. The number of aromatic nitrogens is 3. The molecule has 13 nitrogen and oxygen atoms in total. The summed E-state index contributed by atoms with van der Waals surface area (Å²) in [6.07, 6.45) is 7.52. The van der Waals surface area contributed by atoms with Gasteiger partial charge in [0.05, 0.1) is 30.5 Å². The molecule has 6 rings (SSSR count). The van der Waals surface area contributed by atoms with Crippen LogP contribution in [-0.4, -0.2) is 75.0 Å². The van der Waals surface area contributed by atoms with Gasteiger partial charge >= 0.3 is 12.1 Å². The fourth-order valence-electron chi connectivity index (χ4n) is 7.87. The summed E-state index contributed by atoms with van der Waals surface area (Å²) < 4.78 is 18.5. The monoisotopic (exact) mass is 850 g/mol. The number of carbonyl (C=O) groups is 3. The van der Waals surface area contributed by atoms with Crippen LogP contribution in [0.5, 0.6) is 11.6 Å². The number of rotatable bonds is 12. The van der Waals surface area contributed by atoms with E-state index < -0.39 is 12.1 Å². The number of anilines is 1. The van der Waals surface area contributed by atoms with Crippen LogP contribution in [-0.2, 0) is 20.7 Å². The van der Waals surface area contributed by atoms with E-state index in [1.807, 2.05) is 38.1 Å². The van der Waals surface area contributed by atoms with Gasteiger partial charge in [-0.05, 0) is 62.0 Å². The molecule has 0 spiro atoms. The molecule has 318 valence electrons. The van der Waals surface area contributed by atoms with E-state index in [1.165, 1.54) is 22.3 Å². The highest BCUT2D eigenvalue weighted by atomic mass is 35.5. The van der Waals surface area contributed by atoms with Crippen LogP contribution in [0.3, 0.4) is 0 Å². The number of halogens is 2. The van der Waals surface area contributed by atoms with Crippen molar-refractivity contribution >= 4 is 58.2 Å². The predicted molar refractivity (Wildman–Crippen MR) is 230 cm³/mol. The van der Waals surface area contributed by atoms with Crippen molar-refractivity contribution in [3.8, 4) is 23.0 Å². The number of nitrogens with zero attached hydrogens (tertiary/aromatic N) is 4. The lowest BCUT2D eigenvalue weighted by molar-refractivity contribution is -0.116. The minimum absolute atomic E-state index is 0.00240. The van der Waals surface area contributed by atoms with Crippen LogP contribution < -0.4 is 10.1 Å². The largest absolute Gasteiger partial charge is 0.504 e. The smallest absolute Gasteiger partial charge is 0.415 e. The van der Waals surface area contributed by atoms with Gasteiger partial charge in [-0.3, -0.25) is 9.89 Å². The molecule has 0 radical (unpaired) electrons. The third-order valence-corrected chi connectivity index (χ3v) is 11.7. The Labute approximate surface area is 356 Å². The third kappa shape index (κ3) is 11.1. The van der Waals surface area contributed by atoms with Crippen LogP contribution in [0.1, 0.15) is 107 Å². The normalized spacial score (nSPS) is 19.1. The number of phenols is 1. The lowest BCUT2D eigenvalue weighted by Crippen LogP contribution is -2.42. The molecule has 1 aliphatic carbocycles. The Hall–Kier alpha value is -4.77. The number of H-pyrrole nitrogens is 1. The Kier molecular flexibility index (Phi) is 16.1. The van der Waals surface area contributed by atoms with Crippen molar-refractivity contribution in [3.05, 3.63) is 68.5 Å². The molecule has 15 heteroatoms. The number of carbonyl (C=O) groups excluding carboxylic acids is 3. The molecule has 59 heavy (non-hydrogen) atoms. The molecule has 0 bridgehead atoms. The number of fused-ring (bicyclic) bond motifs is 1. The molecule has 3 heterocycles. The first-order chi connectivity index (χ1) is 28.3. The number of nitrogens with one attached hydrogen (secondary N) is 2. The molecule has 2 unspecified atom stereocenters. The van der Waals surface area contributed by atoms with Crippen molar-refractivity contribution in [3.63, 3.8) is 0 Å². The Morgan fingerprint density at radius 3 is 2.32 bits per heavy atom. The molecule has 1 saturated heterocycles. The van der Waals surface area contributed by atoms with Gasteiger partial charge in [-0.25, -0.2) is 23.9 Å². The highest BCUT2D eigenvalue weighted by Gasteiger charge is 2.38. The van der Waals surface area contributed by atoms with Gasteiger partial charge in [0.1, 0.15) is 11.7 Å². The maximum Gasteiger partial charge on any atom is 0.415 e. The molecule has 2 fully saturated rings. The van der Waals surface area contributed by atoms with Gasteiger partial charge in [0.15, 0.2) is 17.2 Å². The summed E-state index contributed by atoms with van der Waals surface area (Å²) >= 11 is 12.2. The van der Waals surface area contributed by atoms with Crippen LogP contribution in [0.2, 0.25) is 10.0 Å². The zero-order valence-corrected chi connectivity index (χ0v) is 36.3. The molecule has 2 aromatic heterocycles. The lowest BCUT2D eigenvalue weighted by Gasteiger charge is -2.37. The van der Waals surface area contributed by atoms with E-state index in [1.54, 1.807) is 6.07 Å². The van der Waals surface area contributed by atoms with Crippen molar-refractivity contribution in [1.82, 2.24) is 19.5 Å². The van der Waals surface area contributed by atoms with E-state index in [9.17, 15) is 19.5 Å². The standard InChI is InChI=1S/C28H33N5O5.C16H23Cl2NO2/c1-16-6-8-20(9-7-16)24-30-25-21(27(34)37-23-18(3)14-17(2)15-19(23)4)22(29-5)26(33(25)31-24)38-28(35)32-10-12-36-13-11-32;1-3-5-6-7-8-9-14(20)19-13-10-12(17)11(4-2)15(18)16(13)21/h6-9,17-19,23H,10-15H2,1-4H3,(H,30,31);10,21H,3-9H2,1-2H3,(H,19,20). The van der Waals surface area contributed by atoms with Gasteiger partial charge < -0.3 is 29.5 Å². The predicted octanol–water partition coefficient (Wildman–Crippen LogP) is 10.8. The fraction of sp³-hybridized carbons (Fsp3) is 0.523. The van der Waals surface area contributed by atoms with Crippen LogP contribution in [0, 0.1) is 31.2 Å². The molecule has 4 aromatic rings. The summed E-state index contributed by atoms with van der Waals surface area (Å²) in [5.74, 6) is 0.453. The van der Waals surface area contributed by atoms with Crippen LogP contribution in [0.4, 0.5) is 16.2 Å². The number of aromatic amines is 1. The van der Waals surface area contributed by atoms with Crippen molar-refractivity contribution in [2.75, 3.05) is 31.6 Å². The molecular formula is C44H56Cl2N6O7. The number of benzene rings is 2. The Bertz CT molecular complexity index is 2130. The van der Waals surface area contributed by atoms with Gasteiger partial charge in [0.2, 0.25) is 11.8 Å². The summed E-state index contributed by atoms with van der Waals surface area (Å²) in [5.41, 5.74) is 2.93. The average Bonchev–Trinajstić information content (AvgIpc) is 3.76. The molecule has 2 amide bonds. The molecule has 3 N–H and O–H groups in total. The van der Waals surface area contributed by atoms with E-state index >= 15 is 0 Å². The van der Waals surface area contributed by atoms with Crippen molar-refractivity contribution in [2.24, 2.45) is 17.8 Å². The number of esters is 1. The number of unbranched alkanes of at least 4 members (excludes halogenated alkanes) is 4. The summed E-state index contributed by atoms with van der Waals surface area (Å²) in [7, 11) is 0. The maximum absolute atomic E-state index is 13.7. The Morgan fingerprint density at radius 2 is 1.69 bits per heavy atom. The molecular weight excluding hydrogens is 795 g/mol. The molecule has 2 atom stereocenters. The topological polar surface area (TPSA) is 152 Å². The molecule has 1 saturated carbocycles. The number of ether oxygens (including phenoxy) is 3. The Morgan fingerprint density at radius 1 is 1.03 bits per heavy atom. The minimum atomic E-state index is -0.637. The summed E-state index contributed by atoms with van der Waals surface area (Å²) in [6.45, 7) is 21.9. The molecule has 2 aliphatic rings. The number of hydrogen-bond donors (Lipinski definition) is 3. The van der Waals surface area contributed by atoms with Crippen molar-refractivity contribution in [2.45, 2.75) is 105 Å². The Balaban J connectivity index is 0.000000268. The van der Waals surface area contributed by atoms with Crippen LogP contribution in [0.15, 0.2) is 30.3 Å². The number of aryl methyl sites for hydroxylation is 1. The second-order valence-electron chi connectivity index (χ2n) is 15.7. The first kappa shape index (κ1) is 45.3. The average molecular weight is 852 g/mol. The summed E-state index contributed by atoms with van der Waals surface area (Å²) in [4.78, 5) is 48.3. The first-order valence-electron chi connectivity index (χ1n) is 20.6. The number of hydrogen-bond acceptors (Lipinski definition) is 8. The van der Waals surface area contributed by atoms with Gasteiger partial charge in [0.25, 0.3) is 5.69 Å². The van der Waals surface area contributed by atoms with E-state index in [4.69, 9.17) is 44.0 Å². The van der Waals surface area contributed by atoms with Gasteiger partial charge in [0, 0.05) is 30.1 Å². The third-order valence-electron chi connectivity index (χ3n) is 10.9. The lowest BCUT2D eigenvalue weighted by atomic mass is 9.75. The van der Waals surface area contributed by atoms with Crippen molar-refractivity contribution in [1.29, 1.82) is 0 Å². The first-order valence-corrected chi connectivity index (χ1v) is 21.4. The van der Waals surface area contributed by atoms with E-state index in [2.05, 4.69) is 47.9 Å².